The van der Waals surface area contributed by atoms with Crippen LogP contribution >= 0.6 is 0 Å². The van der Waals surface area contributed by atoms with Crippen molar-refractivity contribution >= 4 is 10.0 Å². The van der Waals surface area contributed by atoms with Gasteiger partial charge in [-0.05, 0) is 36.9 Å². The third kappa shape index (κ3) is 3.40. The first-order valence-electron chi connectivity index (χ1n) is 7.44. The first-order valence-corrected chi connectivity index (χ1v) is 8.88. The molecule has 1 aliphatic heterocycles. The largest absolute Gasteiger partial charge is 0.454 e. The van der Waals surface area contributed by atoms with Gasteiger partial charge in [0.15, 0.2) is 11.5 Å². The van der Waals surface area contributed by atoms with Crippen LogP contribution in [0.1, 0.15) is 11.3 Å². The zero-order valence-electron chi connectivity index (χ0n) is 13.9. The molecule has 0 spiro atoms. The topological polar surface area (TPSA) is 72.2 Å². The van der Waals surface area contributed by atoms with Gasteiger partial charge in [-0.25, -0.2) is 12.7 Å². The summed E-state index contributed by atoms with van der Waals surface area (Å²) < 4.78 is 41.3. The summed E-state index contributed by atoms with van der Waals surface area (Å²) in [6.07, 6.45) is 0. The van der Waals surface area contributed by atoms with Crippen molar-refractivity contribution < 1.29 is 22.3 Å². The van der Waals surface area contributed by atoms with Crippen molar-refractivity contribution in [3.8, 4) is 11.5 Å². The summed E-state index contributed by atoms with van der Waals surface area (Å²) in [5.74, 6) is 2.10. The van der Waals surface area contributed by atoms with Crippen molar-refractivity contribution in [1.29, 1.82) is 0 Å². The van der Waals surface area contributed by atoms with Gasteiger partial charge in [-0.2, -0.15) is 0 Å². The molecule has 1 aromatic carbocycles. The fraction of sp³-hybridized carbons (Fsp3) is 0.375. The van der Waals surface area contributed by atoms with Crippen LogP contribution in [-0.2, 0) is 23.1 Å². The molecule has 8 heteroatoms. The van der Waals surface area contributed by atoms with Crippen LogP contribution in [0.2, 0.25) is 0 Å². The Morgan fingerprint density at radius 1 is 1.00 bits per heavy atom. The molecule has 2 aromatic rings. The van der Waals surface area contributed by atoms with Gasteiger partial charge in [0, 0.05) is 20.6 Å². The highest BCUT2D eigenvalue weighted by molar-refractivity contribution is 7.88. The first kappa shape index (κ1) is 16.8. The molecule has 0 atom stereocenters. The molecule has 0 aliphatic carbocycles. The van der Waals surface area contributed by atoms with Gasteiger partial charge in [-0.15, -0.1) is 0 Å². The van der Waals surface area contributed by atoms with Gasteiger partial charge < -0.3 is 13.9 Å². The highest BCUT2D eigenvalue weighted by Crippen LogP contribution is 2.32. The zero-order chi connectivity index (χ0) is 17.3. The second-order valence-corrected chi connectivity index (χ2v) is 7.95. The van der Waals surface area contributed by atoms with Crippen LogP contribution in [0.4, 0.5) is 0 Å². The maximum atomic E-state index is 12.0. The van der Waals surface area contributed by atoms with Crippen molar-refractivity contribution in [2.24, 2.45) is 0 Å². The molecular weight excluding hydrogens is 332 g/mol. The zero-order valence-corrected chi connectivity index (χ0v) is 14.7. The van der Waals surface area contributed by atoms with Crippen LogP contribution < -0.4 is 9.47 Å². The molecule has 0 saturated heterocycles. The summed E-state index contributed by atoms with van der Waals surface area (Å²) in [4.78, 5) is 2.03. The van der Waals surface area contributed by atoms with Gasteiger partial charge in [0.25, 0.3) is 10.0 Å². The van der Waals surface area contributed by atoms with E-state index in [1.165, 1.54) is 20.2 Å². The Balaban J connectivity index is 1.65. The normalized spacial score (nSPS) is 13.9. The number of benzene rings is 1. The quantitative estimate of drug-likeness (QED) is 0.791. The van der Waals surface area contributed by atoms with Gasteiger partial charge in [0.2, 0.25) is 11.9 Å². The maximum absolute atomic E-state index is 12.0. The molecule has 0 fully saturated rings. The van der Waals surface area contributed by atoms with E-state index < -0.39 is 10.0 Å². The van der Waals surface area contributed by atoms with Crippen LogP contribution in [-0.4, -0.2) is 45.6 Å². The van der Waals surface area contributed by atoms with E-state index in [0.29, 0.717) is 18.8 Å². The Hall–Kier alpha value is -2.03. The summed E-state index contributed by atoms with van der Waals surface area (Å²) in [5.41, 5.74) is 1.08. The fourth-order valence-corrected chi connectivity index (χ4v) is 3.25. The second kappa shape index (κ2) is 6.46. The lowest BCUT2D eigenvalue weighted by molar-refractivity contribution is 0.174. The number of rotatable bonds is 6. The third-order valence-corrected chi connectivity index (χ3v) is 5.38. The Morgan fingerprint density at radius 3 is 2.50 bits per heavy atom. The van der Waals surface area contributed by atoms with Gasteiger partial charge in [0.05, 0.1) is 6.54 Å². The van der Waals surface area contributed by atoms with Crippen LogP contribution in [0.15, 0.2) is 39.8 Å². The Kier molecular flexibility index (Phi) is 4.53. The lowest BCUT2D eigenvalue weighted by Crippen LogP contribution is -2.21. The molecule has 24 heavy (non-hydrogen) atoms. The SMILES string of the molecule is CN(Cc1ccc2c(c1)OCO2)Cc1ccc(S(=O)(=O)N(C)C)o1. The highest BCUT2D eigenvalue weighted by Gasteiger charge is 2.22. The predicted molar refractivity (Wildman–Crippen MR) is 87.3 cm³/mol. The average molecular weight is 352 g/mol. The maximum Gasteiger partial charge on any atom is 0.275 e. The number of hydrogen-bond donors (Lipinski definition) is 0. The summed E-state index contributed by atoms with van der Waals surface area (Å²) in [6, 6.07) is 8.99. The molecule has 3 rings (SSSR count). The lowest BCUT2D eigenvalue weighted by atomic mass is 10.2. The monoisotopic (exact) mass is 352 g/mol. The molecule has 0 N–H and O–H groups in total. The number of ether oxygens (including phenoxy) is 2. The fourth-order valence-electron chi connectivity index (χ4n) is 2.43. The number of furan rings is 1. The summed E-state index contributed by atoms with van der Waals surface area (Å²) >= 11 is 0. The molecule has 1 aromatic heterocycles. The molecule has 0 saturated carbocycles. The van der Waals surface area contributed by atoms with Crippen LogP contribution in [0.3, 0.4) is 0 Å². The molecule has 130 valence electrons. The van der Waals surface area contributed by atoms with Crippen molar-refractivity contribution in [3.63, 3.8) is 0 Å². The van der Waals surface area contributed by atoms with E-state index in [-0.39, 0.29) is 11.9 Å². The molecule has 1 aliphatic rings. The summed E-state index contributed by atoms with van der Waals surface area (Å²) in [6.45, 7) is 1.43. The molecule has 7 nitrogen and oxygen atoms in total. The van der Waals surface area contributed by atoms with Crippen molar-refractivity contribution in [2.75, 3.05) is 27.9 Å². The summed E-state index contributed by atoms with van der Waals surface area (Å²) in [7, 11) is 1.35. The van der Waals surface area contributed by atoms with E-state index in [1.54, 1.807) is 6.07 Å². The van der Waals surface area contributed by atoms with Crippen LogP contribution in [0.25, 0.3) is 0 Å². The highest BCUT2D eigenvalue weighted by atomic mass is 32.2. The number of nitrogens with zero attached hydrogens (tertiary/aromatic N) is 2. The Labute approximate surface area is 141 Å². The van der Waals surface area contributed by atoms with E-state index >= 15 is 0 Å². The minimum absolute atomic E-state index is 0.0426. The van der Waals surface area contributed by atoms with E-state index in [0.717, 1.165) is 21.4 Å². The van der Waals surface area contributed by atoms with E-state index in [2.05, 4.69) is 0 Å². The van der Waals surface area contributed by atoms with Gasteiger partial charge >= 0.3 is 0 Å². The van der Waals surface area contributed by atoms with E-state index in [9.17, 15) is 8.42 Å². The minimum Gasteiger partial charge on any atom is -0.454 e. The molecule has 0 bridgehead atoms. The minimum atomic E-state index is -3.54. The summed E-state index contributed by atoms with van der Waals surface area (Å²) in [5, 5.41) is -0.0426. The molecule has 2 heterocycles. The van der Waals surface area contributed by atoms with Crippen molar-refractivity contribution in [3.05, 3.63) is 41.7 Å². The van der Waals surface area contributed by atoms with Crippen LogP contribution in [0, 0.1) is 0 Å². The number of sulfonamides is 1. The second-order valence-electron chi connectivity index (χ2n) is 5.87. The number of hydrogen-bond acceptors (Lipinski definition) is 6. The number of fused-ring (bicyclic) bond motifs is 1. The Morgan fingerprint density at radius 2 is 1.75 bits per heavy atom. The molecular formula is C16H20N2O5S. The third-order valence-electron chi connectivity index (χ3n) is 3.69. The van der Waals surface area contributed by atoms with Crippen molar-refractivity contribution in [2.45, 2.75) is 18.2 Å². The van der Waals surface area contributed by atoms with Gasteiger partial charge in [0.1, 0.15) is 5.76 Å². The van der Waals surface area contributed by atoms with E-state index in [4.69, 9.17) is 13.9 Å². The van der Waals surface area contributed by atoms with Crippen molar-refractivity contribution in [1.82, 2.24) is 9.21 Å². The first-order chi connectivity index (χ1) is 11.4. The molecule has 0 amide bonds. The predicted octanol–water partition coefficient (Wildman–Crippen LogP) is 1.89. The standard InChI is InChI=1S/C16H20N2O5S/c1-17(2)24(19,20)16-7-5-13(23-16)10-18(3)9-12-4-6-14-15(8-12)22-11-21-14/h4-8H,9-11H2,1-3H3. The Bertz CT molecular complexity index is 829. The van der Waals surface area contributed by atoms with Gasteiger partial charge in [-0.3, -0.25) is 4.90 Å². The average Bonchev–Trinajstić information content (AvgIpc) is 3.15. The van der Waals surface area contributed by atoms with Crippen LogP contribution in [0.5, 0.6) is 11.5 Å². The van der Waals surface area contributed by atoms with Gasteiger partial charge in [-0.1, -0.05) is 6.07 Å². The molecule has 0 unspecified atom stereocenters. The lowest BCUT2D eigenvalue weighted by Gasteiger charge is -2.15. The van der Waals surface area contributed by atoms with E-state index in [1.807, 2.05) is 30.1 Å². The smallest absolute Gasteiger partial charge is 0.275 e. The molecule has 0 radical (unpaired) electrons.